The van der Waals surface area contributed by atoms with Gasteiger partial charge in [0.05, 0.1) is 13.2 Å². The number of hydrogen-bond acceptors (Lipinski definition) is 3. The second-order valence-corrected chi connectivity index (χ2v) is 5.49. The average molecular weight is 247 g/mol. The van der Waals surface area contributed by atoms with Crippen LogP contribution in [0.3, 0.4) is 0 Å². The number of likely N-dealkylation sites (tertiary alicyclic amines) is 1. The van der Waals surface area contributed by atoms with Gasteiger partial charge in [0.25, 0.3) is 0 Å². The predicted octanol–water partition coefficient (Wildman–Crippen LogP) is 2.57. The van der Waals surface area contributed by atoms with Crippen LogP contribution < -0.4 is 9.47 Å². The first-order valence-electron chi connectivity index (χ1n) is 6.72. The van der Waals surface area contributed by atoms with Crippen LogP contribution in [0.15, 0.2) is 12.1 Å². The van der Waals surface area contributed by atoms with Gasteiger partial charge in [0.1, 0.15) is 18.1 Å². The third kappa shape index (κ3) is 1.77. The van der Waals surface area contributed by atoms with Gasteiger partial charge >= 0.3 is 0 Å². The van der Waals surface area contributed by atoms with Crippen molar-refractivity contribution in [2.24, 2.45) is 0 Å². The van der Waals surface area contributed by atoms with Crippen LogP contribution in [0.25, 0.3) is 0 Å². The van der Waals surface area contributed by atoms with Crippen LogP contribution in [0.4, 0.5) is 0 Å². The molecule has 1 aromatic carbocycles. The number of rotatable bonds is 1. The first-order chi connectivity index (χ1) is 8.70. The molecule has 0 spiro atoms. The maximum absolute atomic E-state index is 5.96. The fourth-order valence-corrected chi connectivity index (χ4v) is 3.37. The Hall–Kier alpha value is -1.22. The summed E-state index contributed by atoms with van der Waals surface area (Å²) < 4.78 is 11.5. The van der Waals surface area contributed by atoms with Gasteiger partial charge in [-0.15, -0.1) is 0 Å². The van der Waals surface area contributed by atoms with E-state index in [2.05, 4.69) is 31.0 Å². The maximum Gasteiger partial charge on any atom is 0.126 e. The Morgan fingerprint density at radius 2 is 2.22 bits per heavy atom. The highest BCUT2D eigenvalue weighted by atomic mass is 16.5. The molecular formula is C15H21NO2. The van der Waals surface area contributed by atoms with Crippen molar-refractivity contribution in [3.05, 3.63) is 23.3 Å². The number of ether oxygens (including phenoxy) is 2. The highest BCUT2D eigenvalue weighted by Gasteiger charge is 2.38. The topological polar surface area (TPSA) is 21.7 Å². The van der Waals surface area contributed by atoms with E-state index in [0.29, 0.717) is 12.0 Å². The van der Waals surface area contributed by atoms with E-state index in [0.717, 1.165) is 18.1 Å². The number of benzene rings is 1. The van der Waals surface area contributed by atoms with Crippen LogP contribution in [0.2, 0.25) is 0 Å². The van der Waals surface area contributed by atoms with Gasteiger partial charge in [0.2, 0.25) is 0 Å². The largest absolute Gasteiger partial charge is 0.496 e. The minimum Gasteiger partial charge on any atom is -0.496 e. The number of hydrogen-bond donors (Lipinski definition) is 0. The second kappa shape index (κ2) is 4.47. The zero-order valence-corrected chi connectivity index (χ0v) is 11.4. The van der Waals surface area contributed by atoms with Gasteiger partial charge in [-0.2, -0.15) is 0 Å². The van der Waals surface area contributed by atoms with Crippen molar-refractivity contribution in [2.75, 3.05) is 27.3 Å². The summed E-state index contributed by atoms with van der Waals surface area (Å²) in [6.45, 7) is 4.07. The number of nitrogens with zero attached hydrogens (tertiary/aromatic N) is 1. The molecule has 0 aromatic heterocycles. The van der Waals surface area contributed by atoms with Crippen LogP contribution >= 0.6 is 0 Å². The Balaban J connectivity index is 2.07. The van der Waals surface area contributed by atoms with Crippen molar-refractivity contribution in [3.63, 3.8) is 0 Å². The van der Waals surface area contributed by atoms with Gasteiger partial charge in [-0.3, -0.25) is 4.90 Å². The van der Waals surface area contributed by atoms with Gasteiger partial charge < -0.3 is 9.47 Å². The van der Waals surface area contributed by atoms with Gasteiger partial charge in [-0.25, -0.2) is 0 Å². The Morgan fingerprint density at radius 3 is 3.00 bits per heavy atom. The normalized spacial score (nSPS) is 27.1. The number of methoxy groups -OCH3 is 1. The molecule has 1 aromatic rings. The van der Waals surface area contributed by atoms with Crippen molar-refractivity contribution in [1.29, 1.82) is 0 Å². The molecule has 3 heteroatoms. The summed E-state index contributed by atoms with van der Waals surface area (Å²) in [6.07, 6.45) is 2.50. The van der Waals surface area contributed by atoms with Gasteiger partial charge in [0.15, 0.2) is 0 Å². The number of piperidine rings is 1. The predicted molar refractivity (Wildman–Crippen MR) is 71.6 cm³/mol. The molecule has 18 heavy (non-hydrogen) atoms. The molecular weight excluding hydrogens is 226 g/mol. The van der Waals surface area contributed by atoms with E-state index >= 15 is 0 Å². The lowest BCUT2D eigenvalue weighted by molar-refractivity contribution is 0.0852. The minimum absolute atomic E-state index is 0.503. The lowest BCUT2D eigenvalue weighted by Crippen LogP contribution is -2.47. The van der Waals surface area contributed by atoms with E-state index < -0.39 is 0 Å². The van der Waals surface area contributed by atoms with E-state index in [1.54, 1.807) is 7.11 Å². The lowest BCUT2D eigenvalue weighted by Gasteiger charge is -2.43. The zero-order valence-electron chi connectivity index (χ0n) is 11.4. The molecule has 0 aliphatic carbocycles. The molecule has 1 saturated heterocycles. The van der Waals surface area contributed by atoms with E-state index in [4.69, 9.17) is 9.47 Å². The zero-order chi connectivity index (χ0) is 12.7. The van der Waals surface area contributed by atoms with E-state index in [1.165, 1.54) is 30.5 Å². The molecule has 1 fully saturated rings. The van der Waals surface area contributed by atoms with Crippen LogP contribution in [-0.2, 0) is 0 Å². The standard InChI is InChI=1S/C15H21NO2/c1-10-7-13(17-3)15-11-5-4-6-16(2)12(11)9-18-14(15)8-10/h7-8,11-12H,4-6,9H2,1-3H3/t11-,12+/m1/s1. The van der Waals surface area contributed by atoms with Gasteiger partial charge in [0, 0.05) is 11.5 Å². The van der Waals surface area contributed by atoms with Crippen molar-refractivity contribution in [1.82, 2.24) is 4.90 Å². The average Bonchev–Trinajstić information content (AvgIpc) is 2.37. The number of fused-ring (bicyclic) bond motifs is 3. The summed E-state index contributed by atoms with van der Waals surface area (Å²) >= 11 is 0. The number of aryl methyl sites for hydroxylation is 1. The summed E-state index contributed by atoms with van der Waals surface area (Å²) in [4.78, 5) is 2.43. The van der Waals surface area contributed by atoms with Crippen molar-refractivity contribution in [2.45, 2.75) is 31.7 Å². The summed E-state index contributed by atoms with van der Waals surface area (Å²) in [6, 6.07) is 4.77. The van der Waals surface area contributed by atoms with E-state index in [9.17, 15) is 0 Å². The highest BCUT2D eigenvalue weighted by Crippen LogP contribution is 2.45. The van der Waals surface area contributed by atoms with E-state index in [1.807, 2.05) is 0 Å². The quantitative estimate of drug-likeness (QED) is 0.761. The van der Waals surface area contributed by atoms with Crippen molar-refractivity contribution >= 4 is 0 Å². The van der Waals surface area contributed by atoms with Crippen LogP contribution in [0, 0.1) is 6.92 Å². The Bertz CT molecular complexity index is 441. The van der Waals surface area contributed by atoms with Crippen molar-refractivity contribution in [3.8, 4) is 11.5 Å². The first kappa shape index (κ1) is 11.8. The van der Waals surface area contributed by atoms with Gasteiger partial charge in [-0.1, -0.05) is 0 Å². The lowest BCUT2D eigenvalue weighted by atomic mass is 9.81. The third-order valence-corrected chi connectivity index (χ3v) is 4.31. The number of likely N-dealkylation sites (N-methyl/N-ethyl adjacent to an activating group) is 1. The first-order valence-corrected chi connectivity index (χ1v) is 6.72. The van der Waals surface area contributed by atoms with Crippen LogP contribution in [0.5, 0.6) is 11.5 Å². The van der Waals surface area contributed by atoms with Gasteiger partial charge in [-0.05, 0) is 51.1 Å². The van der Waals surface area contributed by atoms with Crippen LogP contribution in [0.1, 0.15) is 29.9 Å². The smallest absolute Gasteiger partial charge is 0.126 e. The molecule has 0 radical (unpaired) electrons. The second-order valence-electron chi connectivity index (χ2n) is 5.49. The molecule has 0 unspecified atom stereocenters. The molecule has 0 amide bonds. The Kier molecular flexibility index (Phi) is 2.94. The SMILES string of the molecule is COc1cc(C)cc2c1[C@@H]1CCCN(C)[C@H]1CO2. The summed E-state index contributed by atoms with van der Waals surface area (Å²) in [7, 11) is 3.96. The van der Waals surface area contributed by atoms with Crippen molar-refractivity contribution < 1.29 is 9.47 Å². The summed E-state index contributed by atoms with van der Waals surface area (Å²) in [5.41, 5.74) is 2.49. The third-order valence-electron chi connectivity index (χ3n) is 4.31. The molecule has 2 aliphatic heterocycles. The molecule has 0 N–H and O–H groups in total. The Labute approximate surface area is 109 Å². The highest BCUT2D eigenvalue weighted by molar-refractivity contribution is 5.52. The minimum atomic E-state index is 0.503. The molecule has 98 valence electrons. The van der Waals surface area contributed by atoms with E-state index in [-0.39, 0.29) is 0 Å². The summed E-state index contributed by atoms with van der Waals surface area (Å²) in [5, 5.41) is 0. The Morgan fingerprint density at radius 1 is 1.39 bits per heavy atom. The molecule has 2 heterocycles. The maximum atomic E-state index is 5.96. The fourth-order valence-electron chi connectivity index (χ4n) is 3.37. The molecule has 3 nitrogen and oxygen atoms in total. The monoisotopic (exact) mass is 247 g/mol. The fraction of sp³-hybridized carbons (Fsp3) is 0.600. The molecule has 2 aliphatic rings. The molecule has 0 bridgehead atoms. The summed E-state index contributed by atoms with van der Waals surface area (Å²) in [5.74, 6) is 2.58. The molecule has 2 atom stereocenters. The molecule has 0 saturated carbocycles. The van der Waals surface area contributed by atoms with Crippen LogP contribution in [-0.4, -0.2) is 38.3 Å². The molecule has 3 rings (SSSR count).